The zero-order valence-corrected chi connectivity index (χ0v) is 50.7. The molecule has 86 heavy (non-hydrogen) atoms. The molecule has 0 aliphatic carbocycles. The van der Waals surface area contributed by atoms with Gasteiger partial charge in [-0.3, -0.25) is 38.6 Å². The highest BCUT2D eigenvalue weighted by Gasteiger charge is 2.37. The van der Waals surface area contributed by atoms with Gasteiger partial charge in [0.25, 0.3) is 17.7 Å². The first-order valence-corrected chi connectivity index (χ1v) is 30.5. The molecule has 3 aromatic carbocycles. The number of imide groups is 1. The van der Waals surface area contributed by atoms with Crippen LogP contribution < -0.4 is 41.4 Å². The second-order valence-corrected chi connectivity index (χ2v) is 23.4. The summed E-state index contributed by atoms with van der Waals surface area (Å²) in [5.41, 5.74) is 9.90. The van der Waals surface area contributed by atoms with E-state index in [9.17, 15) is 43.2 Å². The molecule has 3 aliphatic heterocycles. The van der Waals surface area contributed by atoms with Crippen LogP contribution in [-0.2, 0) is 35.3 Å². The SMILES string of the molecule is Cc1csc2c(OC(=O)N(C)CCN(C)C(=O)OCc3ccc(NC(=O)C(CCCNC(N)=O)NC(=O)C(NC(=O)CCCCCN4C(=O)C=CC4=O)C(C)C)cc3)cc3c(c12)C(CCl)CN3C(=O)c1cc2cc(OCCN3CCCC3)ccc2[nH]1. The standard InChI is InChI=1S/C61H76ClN11O12S/c1-37(2)54(68-49(74)13-7-6-8-25-72-50(75)20-21-51(72)76)57(78)67-45(12-11-22-64-59(63)80)56(77)65-42-16-14-39(15-17-42)35-84-60(81)69(4)26-27-70(5)61(82)85-48-32-47-53(52-38(3)36-86-55(48)52)41(33-62)34-73(47)58(79)46-31-40-30-43(18-19-44(40)66-46)83-29-28-71-23-9-10-24-71/h14-21,30-32,36-37,41,45,54,66H,6-13,22-29,33-35H2,1-5H3,(H,65,77)(H,67,78)(H,68,74)(H3,63,64,80). The maximum atomic E-state index is 14.4. The number of halogens is 1. The van der Waals surface area contributed by atoms with Crippen molar-refractivity contribution in [1.29, 1.82) is 0 Å². The van der Waals surface area contributed by atoms with Gasteiger partial charge in [-0.1, -0.05) is 32.4 Å². The van der Waals surface area contributed by atoms with E-state index in [1.54, 1.807) is 56.1 Å². The van der Waals surface area contributed by atoms with Gasteiger partial charge in [-0.2, -0.15) is 0 Å². The van der Waals surface area contributed by atoms with Gasteiger partial charge in [-0.25, -0.2) is 14.4 Å². The fourth-order valence-corrected chi connectivity index (χ4v) is 11.9. The molecule has 7 N–H and O–H groups in total. The van der Waals surface area contributed by atoms with Crippen molar-refractivity contribution in [3.05, 3.63) is 94.5 Å². The van der Waals surface area contributed by atoms with Gasteiger partial charge >= 0.3 is 18.2 Å². The first-order valence-electron chi connectivity index (χ1n) is 29.1. The number of anilines is 2. The van der Waals surface area contributed by atoms with E-state index in [0.29, 0.717) is 60.8 Å². The number of aromatic nitrogens is 1. The maximum absolute atomic E-state index is 14.4. The van der Waals surface area contributed by atoms with Crippen molar-refractivity contribution in [3.63, 3.8) is 0 Å². The van der Waals surface area contributed by atoms with Crippen molar-refractivity contribution in [1.82, 2.24) is 40.5 Å². The number of amides is 10. The number of likely N-dealkylation sites (tertiary alicyclic amines) is 1. The number of carbonyl (C=O) groups is 9. The van der Waals surface area contributed by atoms with Crippen LogP contribution in [0, 0.1) is 12.8 Å². The number of benzene rings is 3. The van der Waals surface area contributed by atoms with E-state index >= 15 is 0 Å². The van der Waals surface area contributed by atoms with Gasteiger partial charge in [-0.15, -0.1) is 22.9 Å². The summed E-state index contributed by atoms with van der Waals surface area (Å²) in [6.45, 7) is 9.92. The Morgan fingerprint density at radius 3 is 2.28 bits per heavy atom. The van der Waals surface area contributed by atoms with Gasteiger partial charge in [0, 0.05) is 112 Å². The Kier molecular flexibility index (Phi) is 22.1. The number of rotatable bonds is 28. The van der Waals surface area contributed by atoms with Gasteiger partial charge in [0.2, 0.25) is 17.7 Å². The number of thiophene rings is 1. The van der Waals surface area contributed by atoms with E-state index in [-0.39, 0.29) is 93.4 Å². The molecule has 1 fully saturated rings. The molecule has 3 unspecified atom stereocenters. The molecule has 3 atom stereocenters. The molecular formula is C61H76ClN11O12S. The monoisotopic (exact) mass is 1220 g/mol. The van der Waals surface area contributed by atoms with E-state index in [1.165, 1.54) is 53.2 Å². The Morgan fingerprint density at radius 2 is 1.58 bits per heavy atom. The number of H-pyrrole nitrogens is 1. The van der Waals surface area contributed by atoms with Gasteiger partial charge in [0.1, 0.15) is 36.7 Å². The van der Waals surface area contributed by atoms with Crippen molar-refractivity contribution in [2.45, 2.75) is 96.7 Å². The number of nitrogens with zero attached hydrogens (tertiary/aromatic N) is 5. The van der Waals surface area contributed by atoms with E-state index in [2.05, 4.69) is 31.2 Å². The van der Waals surface area contributed by atoms with Crippen LogP contribution in [0.4, 0.5) is 25.8 Å². The van der Waals surface area contributed by atoms with Gasteiger partial charge in [0.15, 0.2) is 5.75 Å². The summed E-state index contributed by atoms with van der Waals surface area (Å²) in [5.74, 6) is -1.71. The van der Waals surface area contributed by atoms with Crippen molar-refractivity contribution in [2.75, 3.05) is 89.2 Å². The number of hydrogen-bond acceptors (Lipinski definition) is 14. The predicted molar refractivity (Wildman–Crippen MR) is 328 cm³/mol. The molecule has 0 saturated carbocycles. The van der Waals surface area contributed by atoms with Gasteiger partial charge in [0.05, 0.1) is 10.4 Å². The summed E-state index contributed by atoms with van der Waals surface area (Å²) in [5, 5.41) is 14.5. The smallest absolute Gasteiger partial charge is 0.415 e. The fourth-order valence-electron chi connectivity index (χ4n) is 10.6. The lowest BCUT2D eigenvalue weighted by molar-refractivity contribution is -0.137. The maximum Gasteiger partial charge on any atom is 0.415 e. The lowest BCUT2D eigenvalue weighted by atomic mass is 9.97. The molecule has 8 rings (SSSR count). The minimum Gasteiger partial charge on any atom is -0.492 e. The van der Waals surface area contributed by atoms with Crippen LogP contribution in [0.25, 0.3) is 21.0 Å². The molecule has 0 radical (unpaired) electrons. The number of likely N-dealkylation sites (N-methyl/N-ethyl adjacent to an activating group) is 2. The Labute approximate surface area is 508 Å². The molecule has 10 amide bonds. The number of urea groups is 1. The van der Waals surface area contributed by atoms with Gasteiger partial charge in [-0.05, 0) is 123 Å². The minimum atomic E-state index is -1.08. The Hall–Kier alpha value is -8.22. The number of alkyl halides is 1. The highest BCUT2D eigenvalue weighted by atomic mass is 35.5. The summed E-state index contributed by atoms with van der Waals surface area (Å²) in [7, 11) is 3.10. The van der Waals surface area contributed by atoms with E-state index in [1.807, 2.05) is 36.6 Å². The lowest BCUT2D eigenvalue weighted by Gasteiger charge is -2.25. The first-order chi connectivity index (χ1) is 41.3. The normalized spacial score (nSPS) is 15.5. The lowest BCUT2D eigenvalue weighted by Crippen LogP contribution is -2.54. The van der Waals surface area contributed by atoms with Gasteiger partial charge < -0.3 is 60.9 Å². The third-order valence-electron chi connectivity index (χ3n) is 15.5. The fraction of sp³-hybridized carbons (Fsp3) is 0.459. The number of carbonyl (C=O) groups excluding carboxylic acids is 9. The molecular weight excluding hydrogens is 1150 g/mol. The molecule has 23 nitrogen and oxygen atoms in total. The molecule has 5 aromatic rings. The summed E-state index contributed by atoms with van der Waals surface area (Å²) < 4.78 is 18.5. The molecule has 460 valence electrons. The van der Waals surface area contributed by atoms with Crippen molar-refractivity contribution in [3.8, 4) is 11.5 Å². The molecule has 0 spiro atoms. The molecule has 1 saturated heterocycles. The molecule has 0 bridgehead atoms. The largest absolute Gasteiger partial charge is 0.492 e. The van der Waals surface area contributed by atoms with Crippen LogP contribution in [0.1, 0.15) is 98.3 Å². The summed E-state index contributed by atoms with van der Waals surface area (Å²) in [4.78, 5) is 128. The number of aryl methyl sites for hydroxylation is 1. The topological polar surface area (TPSA) is 287 Å². The van der Waals surface area contributed by atoms with E-state index in [0.717, 1.165) is 62.4 Å². The number of hydrogen-bond donors (Lipinski definition) is 6. The van der Waals surface area contributed by atoms with E-state index in [4.69, 9.17) is 31.5 Å². The second kappa shape index (κ2) is 29.7. The number of nitrogens with two attached hydrogens (primary N) is 1. The molecule has 5 heterocycles. The summed E-state index contributed by atoms with van der Waals surface area (Å²) in [6, 6.07) is 13.1. The van der Waals surface area contributed by atoms with Crippen molar-refractivity contribution >= 4 is 109 Å². The molecule has 25 heteroatoms. The zero-order valence-electron chi connectivity index (χ0n) is 49.2. The van der Waals surface area contributed by atoms with E-state index < -0.39 is 42.1 Å². The molecule has 2 aromatic heterocycles. The number of aromatic amines is 1. The minimum absolute atomic E-state index is 0.0887. The second-order valence-electron chi connectivity index (χ2n) is 22.2. The van der Waals surface area contributed by atoms with Crippen LogP contribution in [0.3, 0.4) is 0 Å². The van der Waals surface area contributed by atoms with Crippen LogP contribution in [0.2, 0.25) is 0 Å². The summed E-state index contributed by atoms with van der Waals surface area (Å²) in [6.07, 6.45) is 5.60. The first kappa shape index (κ1) is 63.8. The Bertz CT molecular complexity index is 3320. The number of ether oxygens (including phenoxy) is 3. The van der Waals surface area contributed by atoms with Crippen LogP contribution in [0.15, 0.2) is 72.1 Å². The van der Waals surface area contributed by atoms with Crippen molar-refractivity contribution in [2.24, 2.45) is 11.7 Å². The highest BCUT2D eigenvalue weighted by molar-refractivity contribution is 7.17. The average molecular weight is 1220 g/mol. The third-order valence-corrected chi connectivity index (χ3v) is 17.0. The highest BCUT2D eigenvalue weighted by Crippen LogP contribution is 2.49. The zero-order chi connectivity index (χ0) is 61.6. The van der Waals surface area contributed by atoms with Crippen molar-refractivity contribution < 1.29 is 57.4 Å². The number of nitrogens with one attached hydrogen (secondary N) is 5. The number of fused-ring (bicyclic) bond motifs is 4. The number of primary amides is 1. The van der Waals surface area contributed by atoms with Crippen LogP contribution >= 0.6 is 22.9 Å². The van der Waals surface area contributed by atoms with Crippen LogP contribution in [0.5, 0.6) is 11.5 Å². The average Bonchev–Trinajstić information content (AvgIpc) is 1.74. The molecule has 3 aliphatic rings. The number of unbranched alkanes of at least 4 members (excludes halogenated alkanes) is 2. The Balaban J connectivity index is 0.811. The van der Waals surface area contributed by atoms with Crippen LogP contribution in [-0.4, -0.2) is 169 Å². The predicted octanol–water partition coefficient (Wildman–Crippen LogP) is 7.35. The quantitative estimate of drug-likeness (QED) is 0.0163. The summed E-state index contributed by atoms with van der Waals surface area (Å²) >= 11 is 8.04. The third kappa shape index (κ3) is 16.4. The Morgan fingerprint density at radius 1 is 0.860 bits per heavy atom.